The first-order valence-electron chi connectivity index (χ1n) is 8.66. The molecule has 0 aliphatic carbocycles. The average Bonchev–Trinajstić information content (AvgIpc) is 3.09. The van der Waals surface area contributed by atoms with Gasteiger partial charge >= 0.3 is 0 Å². The SMILES string of the molecule is NC(O)c1cnc(N[C@@H]2CCCNC2)c2nc(-c3ccc(Cl)cc3)cn12. The Hall–Kier alpha value is -2.19. The number of aromatic nitrogens is 3. The van der Waals surface area contributed by atoms with Crippen LogP contribution < -0.4 is 16.4 Å². The molecule has 2 atom stereocenters. The number of hydrogen-bond acceptors (Lipinski definition) is 6. The minimum atomic E-state index is -1.14. The molecule has 0 bridgehead atoms. The summed E-state index contributed by atoms with van der Waals surface area (Å²) in [5.74, 6) is 0.684. The molecule has 1 saturated heterocycles. The summed E-state index contributed by atoms with van der Waals surface area (Å²) in [5, 5.41) is 17.4. The van der Waals surface area contributed by atoms with Gasteiger partial charge in [0.2, 0.25) is 0 Å². The molecule has 1 fully saturated rings. The van der Waals surface area contributed by atoms with Gasteiger partial charge in [-0.2, -0.15) is 0 Å². The third-order valence-electron chi connectivity index (χ3n) is 4.60. The van der Waals surface area contributed by atoms with Gasteiger partial charge in [0.1, 0.15) is 6.23 Å². The number of benzene rings is 1. The Kier molecular flexibility index (Phi) is 4.78. The molecule has 4 rings (SSSR count). The highest BCUT2D eigenvalue weighted by Gasteiger charge is 2.19. The molecule has 2 aromatic heterocycles. The summed E-state index contributed by atoms with van der Waals surface area (Å²) < 4.78 is 1.79. The second kappa shape index (κ2) is 7.20. The number of imidazole rings is 1. The molecule has 0 spiro atoms. The van der Waals surface area contributed by atoms with Crippen molar-refractivity contribution >= 4 is 23.1 Å². The molecule has 0 amide bonds. The molecule has 26 heavy (non-hydrogen) atoms. The quantitative estimate of drug-likeness (QED) is 0.524. The minimum absolute atomic E-state index is 0.296. The molecular formula is C18H21ClN6O. The molecule has 3 heterocycles. The van der Waals surface area contributed by atoms with Gasteiger partial charge in [-0.3, -0.25) is 4.40 Å². The molecule has 0 radical (unpaired) electrons. The zero-order valence-corrected chi connectivity index (χ0v) is 14.9. The highest BCUT2D eigenvalue weighted by Crippen LogP contribution is 2.26. The van der Waals surface area contributed by atoms with E-state index in [1.165, 1.54) is 0 Å². The van der Waals surface area contributed by atoms with Crippen LogP contribution in [-0.2, 0) is 0 Å². The van der Waals surface area contributed by atoms with Crippen molar-refractivity contribution in [2.24, 2.45) is 5.73 Å². The molecule has 5 N–H and O–H groups in total. The molecule has 0 saturated carbocycles. The minimum Gasteiger partial charge on any atom is -0.373 e. The molecule has 1 aliphatic rings. The number of nitrogens with zero attached hydrogens (tertiary/aromatic N) is 3. The van der Waals surface area contributed by atoms with Crippen molar-refractivity contribution in [3.63, 3.8) is 0 Å². The van der Waals surface area contributed by atoms with E-state index in [1.54, 1.807) is 10.6 Å². The third-order valence-corrected chi connectivity index (χ3v) is 4.85. The number of fused-ring (bicyclic) bond motifs is 1. The maximum absolute atomic E-state index is 9.89. The Morgan fingerprint density at radius 2 is 2.15 bits per heavy atom. The van der Waals surface area contributed by atoms with Crippen LogP contribution >= 0.6 is 11.6 Å². The molecule has 1 aliphatic heterocycles. The topological polar surface area (TPSA) is 100 Å². The van der Waals surface area contributed by atoms with E-state index in [2.05, 4.69) is 15.6 Å². The fourth-order valence-corrected chi connectivity index (χ4v) is 3.37. The van der Waals surface area contributed by atoms with Gasteiger partial charge in [0, 0.05) is 29.4 Å². The monoisotopic (exact) mass is 372 g/mol. The highest BCUT2D eigenvalue weighted by molar-refractivity contribution is 6.30. The number of nitrogens with two attached hydrogens (primary N) is 1. The van der Waals surface area contributed by atoms with E-state index < -0.39 is 6.23 Å². The van der Waals surface area contributed by atoms with Crippen molar-refractivity contribution in [1.82, 2.24) is 19.7 Å². The van der Waals surface area contributed by atoms with Crippen molar-refractivity contribution in [2.45, 2.75) is 25.1 Å². The molecule has 1 unspecified atom stereocenters. The lowest BCUT2D eigenvalue weighted by atomic mass is 10.1. The first-order valence-corrected chi connectivity index (χ1v) is 9.04. The van der Waals surface area contributed by atoms with Gasteiger partial charge < -0.3 is 21.5 Å². The van der Waals surface area contributed by atoms with Crippen LogP contribution in [0.4, 0.5) is 5.82 Å². The van der Waals surface area contributed by atoms with Gasteiger partial charge in [-0.25, -0.2) is 9.97 Å². The molecule has 3 aromatic rings. The van der Waals surface area contributed by atoms with Gasteiger partial charge in [-0.05, 0) is 31.5 Å². The lowest BCUT2D eigenvalue weighted by Gasteiger charge is -2.24. The molecule has 1 aromatic carbocycles. The summed E-state index contributed by atoms with van der Waals surface area (Å²) in [5.41, 5.74) is 8.52. The van der Waals surface area contributed by atoms with E-state index in [0.717, 1.165) is 37.2 Å². The van der Waals surface area contributed by atoms with Crippen molar-refractivity contribution < 1.29 is 5.11 Å². The number of piperidine rings is 1. The van der Waals surface area contributed by atoms with Crippen LogP contribution in [-0.4, -0.2) is 38.6 Å². The van der Waals surface area contributed by atoms with E-state index in [1.807, 2.05) is 30.5 Å². The Balaban J connectivity index is 1.77. The van der Waals surface area contributed by atoms with Crippen molar-refractivity contribution in [3.8, 4) is 11.3 Å². The smallest absolute Gasteiger partial charge is 0.181 e. The zero-order chi connectivity index (χ0) is 18.1. The zero-order valence-electron chi connectivity index (χ0n) is 14.2. The number of anilines is 1. The van der Waals surface area contributed by atoms with Gasteiger partial charge in [-0.15, -0.1) is 0 Å². The van der Waals surface area contributed by atoms with Gasteiger partial charge in [-0.1, -0.05) is 23.7 Å². The summed E-state index contributed by atoms with van der Waals surface area (Å²) in [7, 11) is 0. The first kappa shape index (κ1) is 17.2. The Labute approximate surface area is 156 Å². The van der Waals surface area contributed by atoms with Crippen LogP contribution in [0.2, 0.25) is 5.02 Å². The van der Waals surface area contributed by atoms with Crippen molar-refractivity contribution in [3.05, 3.63) is 47.4 Å². The molecule has 8 heteroatoms. The summed E-state index contributed by atoms with van der Waals surface area (Å²) in [6.07, 6.45) is 4.51. The van der Waals surface area contributed by atoms with Gasteiger partial charge in [0.25, 0.3) is 0 Å². The lowest BCUT2D eigenvalue weighted by molar-refractivity contribution is 0.179. The van der Waals surface area contributed by atoms with E-state index in [0.29, 0.717) is 28.2 Å². The maximum atomic E-state index is 9.89. The fraction of sp³-hybridized carbons (Fsp3) is 0.333. The average molecular weight is 373 g/mol. The summed E-state index contributed by atoms with van der Waals surface area (Å²) in [6, 6.07) is 7.77. The largest absolute Gasteiger partial charge is 0.373 e. The lowest BCUT2D eigenvalue weighted by Crippen LogP contribution is -2.38. The normalized spacial score (nSPS) is 18.8. The number of hydrogen-bond donors (Lipinski definition) is 4. The second-order valence-electron chi connectivity index (χ2n) is 6.49. The van der Waals surface area contributed by atoms with Gasteiger partial charge in [0.05, 0.1) is 17.6 Å². The number of halogens is 1. The van der Waals surface area contributed by atoms with E-state index >= 15 is 0 Å². The van der Waals surface area contributed by atoms with Crippen LogP contribution in [0, 0.1) is 0 Å². The van der Waals surface area contributed by atoms with Crippen LogP contribution in [0.3, 0.4) is 0 Å². The van der Waals surface area contributed by atoms with E-state index in [4.69, 9.17) is 22.3 Å². The van der Waals surface area contributed by atoms with E-state index in [9.17, 15) is 5.11 Å². The Bertz CT molecular complexity index is 902. The first-order chi connectivity index (χ1) is 12.6. The Morgan fingerprint density at radius 3 is 2.85 bits per heavy atom. The van der Waals surface area contributed by atoms with E-state index in [-0.39, 0.29) is 0 Å². The number of aliphatic hydroxyl groups is 1. The van der Waals surface area contributed by atoms with Gasteiger partial charge in [0.15, 0.2) is 11.5 Å². The second-order valence-corrected chi connectivity index (χ2v) is 6.93. The number of nitrogens with one attached hydrogen (secondary N) is 2. The van der Waals surface area contributed by atoms with Crippen molar-refractivity contribution in [2.75, 3.05) is 18.4 Å². The molecule has 7 nitrogen and oxygen atoms in total. The Morgan fingerprint density at radius 1 is 1.35 bits per heavy atom. The maximum Gasteiger partial charge on any atom is 0.181 e. The fourth-order valence-electron chi connectivity index (χ4n) is 3.24. The summed E-state index contributed by atoms with van der Waals surface area (Å²) in [4.78, 5) is 9.19. The highest BCUT2D eigenvalue weighted by atomic mass is 35.5. The van der Waals surface area contributed by atoms with Crippen LogP contribution in [0.5, 0.6) is 0 Å². The predicted molar refractivity (Wildman–Crippen MR) is 102 cm³/mol. The summed E-state index contributed by atoms with van der Waals surface area (Å²) in [6.45, 7) is 1.93. The number of rotatable bonds is 4. The molecule has 136 valence electrons. The third kappa shape index (κ3) is 3.39. The van der Waals surface area contributed by atoms with Crippen LogP contribution in [0.25, 0.3) is 16.9 Å². The summed E-state index contributed by atoms with van der Waals surface area (Å²) >= 11 is 5.98. The number of aliphatic hydroxyl groups excluding tert-OH is 1. The molecular weight excluding hydrogens is 352 g/mol. The standard InChI is InChI=1S/C18H21ClN6O/c19-12-5-3-11(4-6-12)14-10-25-15(16(20)26)9-22-17(18(25)24-14)23-13-2-1-7-21-8-13/h3-6,9-10,13,16,21,26H,1-2,7-8,20H2,(H,22,23)/t13-,16?/m1/s1. The van der Waals surface area contributed by atoms with Crippen LogP contribution in [0.1, 0.15) is 24.8 Å². The van der Waals surface area contributed by atoms with Crippen LogP contribution in [0.15, 0.2) is 36.7 Å². The predicted octanol–water partition coefficient (Wildman–Crippen LogP) is 2.16. The van der Waals surface area contributed by atoms with Crippen molar-refractivity contribution in [1.29, 1.82) is 0 Å².